The Morgan fingerprint density at radius 2 is 1.71 bits per heavy atom. The highest BCUT2D eigenvalue weighted by molar-refractivity contribution is 8.04. The molecule has 0 bridgehead atoms. The van der Waals surface area contributed by atoms with Crippen molar-refractivity contribution >= 4 is 34.8 Å². The molecule has 0 saturated heterocycles. The number of ether oxygens (including phenoxy) is 1. The van der Waals surface area contributed by atoms with Gasteiger partial charge in [-0.25, -0.2) is 4.90 Å². The molecular weight excluding hydrogens is 374 g/mol. The van der Waals surface area contributed by atoms with Crippen LogP contribution in [0.1, 0.15) is 30.9 Å². The second-order valence-electron chi connectivity index (χ2n) is 6.67. The summed E-state index contributed by atoms with van der Waals surface area (Å²) in [4.78, 5) is 28.0. The van der Waals surface area contributed by atoms with E-state index in [1.165, 1.54) is 23.8 Å². The second-order valence-corrected chi connectivity index (χ2v) is 7.77. The highest BCUT2D eigenvalue weighted by Crippen LogP contribution is 2.41. The number of carbonyl (C=O) groups excluding carboxylic acids is 2. The highest BCUT2D eigenvalue weighted by atomic mass is 32.2. The fourth-order valence-corrected chi connectivity index (χ4v) is 3.97. The average molecular weight is 397 g/mol. The van der Waals surface area contributed by atoms with Gasteiger partial charge in [0.2, 0.25) is 0 Å². The first-order chi connectivity index (χ1) is 13.5. The number of thioether (sulfide) groups is 1. The number of rotatable bonds is 7. The summed E-state index contributed by atoms with van der Waals surface area (Å²) in [6, 6.07) is 14.6. The number of imide groups is 1. The first kappa shape index (κ1) is 20.2. The van der Waals surface area contributed by atoms with Crippen LogP contribution in [0.25, 0.3) is 5.57 Å². The highest BCUT2D eigenvalue weighted by Gasteiger charge is 2.41. The molecule has 5 nitrogen and oxygen atoms in total. The van der Waals surface area contributed by atoms with Crippen LogP contribution in [0.15, 0.2) is 53.4 Å². The van der Waals surface area contributed by atoms with Gasteiger partial charge in [-0.3, -0.25) is 9.59 Å². The molecule has 2 aromatic rings. The van der Waals surface area contributed by atoms with Crippen molar-refractivity contribution in [2.24, 2.45) is 0 Å². The number of carbonyl (C=O) groups is 2. The van der Waals surface area contributed by atoms with Gasteiger partial charge >= 0.3 is 0 Å². The molecule has 0 saturated carbocycles. The van der Waals surface area contributed by atoms with E-state index in [2.05, 4.69) is 13.8 Å². The Bertz CT molecular complexity index is 918. The lowest BCUT2D eigenvalue weighted by Gasteiger charge is -2.16. The minimum Gasteiger partial charge on any atom is -0.496 e. The third kappa shape index (κ3) is 3.70. The summed E-state index contributed by atoms with van der Waals surface area (Å²) in [6.07, 6.45) is 0. The zero-order valence-electron chi connectivity index (χ0n) is 16.1. The van der Waals surface area contributed by atoms with Crippen LogP contribution in [0.4, 0.5) is 5.69 Å². The topological polar surface area (TPSA) is 66.8 Å². The van der Waals surface area contributed by atoms with Crippen LogP contribution < -0.4 is 9.64 Å². The molecule has 28 heavy (non-hydrogen) atoms. The summed E-state index contributed by atoms with van der Waals surface area (Å²) < 4.78 is 5.40. The maximum atomic E-state index is 13.3. The van der Waals surface area contributed by atoms with Crippen molar-refractivity contribution in [1.82, 2.24) is 0 Å². The van der Waals surface area contributed by atoms with E-state index in [0.29, 0.717) is 39.1 Å². The number of aliphatic hydroxyl groups is 1. The van der Waals surface area contributed by atoms with E-state index in [1.807, 2.05) is 18.2 Å². The third-order valence-electron chi connectivity index (χ3n) is 4.57. The lowest BCUT2D eigenvalue weighted by atomic mass is 10.0. The number of hydrogen-bond acceptors (Lipinski definition) is 5. The fourth-order valence-electron chi connectivity index (χ4n) is 3.12. The van der Waals surface area contributed by atoms with Gasteiger partial charge in [-0.05, 0) is 29.7 Å². The van der Waals surface area contributed by atoms with Gasteiger partial charge in [0.05, 0.1) is 29.9 Å². The van der Waals surface area contributed by atoms with Crippen LogP contribution in [0.5, 0.6) is 5.75 Å². The van der Waals surface area contributed by atoms with Gasteiger partial charge in [-0.15, -0.1) is 11.8 Å². The quantitative estimate of drug-likeness (QED) is 0.720. The molecular formula is C22H23NO4S. The van der Waals surface area contributed by atoms with Gasteiger partial charge in [-0.1, -0.05) is 44.2 Å². The Balaban J connectivity index is 2.06. The third-order valence-corrected chi connectivity index (χ3v) is 5.63. The van der Waals surface area contributed by atoms with Gasteiger partial charge in [0.1, 0.15) is 5.75 Å². The van der Waals surface area contributed by atoms with E-state index in [9.17, 15) is 14.7 Å². The number of methoxy groups -OCH3 is 1. The Kier molecular flexibility index (Phi) is 6.21. The van der Waals surface area contributed by atoms with Crippen molar-refractivity contribution in [3.63, 3.8) is 0 Å². The smallest absolute Gasteiger partial charge is 0.272 e. The molecule has 0 unspecified atom stereocenters. The predicted molar refractivity (Wildman–Crippen MR) is 112 cm³/mol. The maximum Gasteiger partial charge on any atom is 0.272 e. The molecule has 146 valence electrons. The minimum absolute atomic E-state index is 0.0854. The summed E-state index contributed by atoms with van der Waals surface area (Å²) >= 11 is 1.19. The van der Waals surface area contributed by atoms with E-state index >= 15 is 0 Å². The lowest BCUT2D eigenvalue weighted by molar-refractivity contribution is -0.119. The number of amides is 2. The van der Waals surface area contributed by atoms with Crippen LogP contribution in [0.2, 0.25) is 0 Å². The first-order valence-corrected chi connectivity index (χ1v) is 10.1. The SMILES string of the molecule is COc1ccccc1C1=C(SCCO)C(=O)N(c2ccc(C(C)C)cc2)C1=O. The number of anilines is 1. The molecule has 2 aromatic carbocycles. The van der Waals surface area contributed by atoms with E-state index in [1.54, 1.807) is 30.3 Å². The molecule has 1 N–H and O–H groups in total. The van der Waals surface area contributed by atoms with Crippen LogP contribution in [0, 0.1) is 0 Å². The molecule has 1 aliphatic rings. The molecule has 1 heterocycles. The van der Waals surface area contributed by atoms with Gasteiger partial charge in [0, 0.05) is 11.3 Å². The van der Waals surface area contributed by atoms with Gasteiger partial charge in [0.15, 0.2) is 0 Å². The second kappa shape index (κ2) is 8.63. The molecule has 0 radical (unpaired) electrons. The van der Waals surface area contributed by atoms with Crippen molar-refractivity contribution in [1.29, 1.82) is 0 Å². The van der Waals surface area contributed by atoms with E-state index in [0.717, 1.165) is 5.56 Å². The Hall–Kier alpha value is -2.57. The van der Waals surface area contributed by atoms with Crippen LogP contribution in [0.3, 0.4) is 0 Å². The van der Waals surface area contributed by atoms with Crippen LogP contribution in [-0.2, 0) is 9.59 Å². The number of aliphatic hydroxyl groups excluding tert-OH is 1. The summed E-state index contributed by atoms with van der Waals surface area (Å²) in [5, 5.41) is 9.22. The molecule has 0 spiro atoms. The van der Waals surface area contributed by atoms with Crippen LogP contribution >= 0.6 is 11.8 Å². The van der Waals surface area contributed by atoms with Crippen LogP contribution in [-0.4, -0.2) is 36.4 Å². The van der Waals surface area contributed by atoms with Crippen molar-refractivity contribution in [2.45, 2.75) is 19.8 Å². The average Bonchev–Trinajstić information content (AvgIpc) is 2.95. The largest absolute Gasteiger partial charge is 0.496 e. The number of benzene rings is 2. The molecule has 1 aliphatic heterocycles. The summed E-state index contributed by atoms with van der Waals surface area (Å²) in [6.45, 7) is 4.09. The van der Waals surface area contributed by atoms with Gasteiger partial charge in [0.25, 0.3) is 11.8 Å². The Morgan fingerprint density at radius 1 is 1.04 bits per heavy atom. The molecule has 0 fully saturated rings. The fraction of sp³-hybridized carbons (Fsp3) is 0.273. The number of para-hydroxylation sites is 1. The molecule has 6 heteroatoms. The Labute approximate surface area is 169 Å². The van der Waals surface area contributed by atoms with Crippen molar-refractivity contribution in [2.75, 3.05) is 24.4 Å². The maximum absolute atomic E-state index is 13.3. The van der Waals surface area contributed by atoms with Gasteiger partial charge < -0.3 is 9.84 Å². The van der Waals surface area contributed by atoms with E-state index < -0.39 is 0 Å². The zero-order chi connectivity index (χ0) is 20.3. The normalized spacial score (nSPS) is 14.4. The summed E-state index contributed by atoms with van der Waals surface area (Å²) in [5.41, 5.74) is 2.56. The molecule has 0 aliphatic carbocycles. The predicted octanol–water partition coefficient (Wildman–Crippen LogP) is 3.83. The van der Waals surface area contributed by atoms with Crippen molar-refractivity contribution in [3.8, 4) is 5.75 Å². The monoisotopic (exact) mass is 397 g/mol. The molecule has 3 rings (SSSR count). The zero-order valence-corrected chi connectivity index (χ0v) is 17.0. The number of hydrogen-bond donors (Lipinski definition) is 1. The molecule has 0 aromatic heterocycles. The van der Waals surface area contributed by atoms with E-state index in [-0.39, 0.29) is 18.4 Å². The Morgan fingerprint density at radius 3 is 2.32 bits per heavy atom. The lowest BCUT2D eigenvalue weighted by Crippen LogP contribution is -2.31. The summed E-state index contributed by atoms with van der Waals surface area (Å²) in [7, 11) is 1.53. The van der Waals surface area contributed by atoms with Crippen molar-refractivity contribution in [3.05, 3.63) is 64.6 Å². The summed E-state index contributed by atoms with van der Waals surface area (Å²) in [5.74, 6) is 0.455. The van der Waals surface area contributed by atoms with Crippen molar-refractivity contribution < 1.29 is 19.4 Å². The number of nitrogens with zero attached hydrogens (tertiary/aromatic N) is 1. The minimum atomic E-state index is -0.382. The standard InChI is InChI=1S/C22H23NO4S/c1-14(2)15-8-10-16(11-9-15)23-21(25)19(20(22(23)26)28-13-12-24)17-6-4-5-7-18(17)27-3/h4-11,14,24H,12-13H2,1-3H3. The van der Waals surface area contributed by atoms with Gasteiger partial charge in [-0.2, -0.15) is 0 Å². The molecule has 2 amide bonds. The van der Waals surface area contributed by atoms with E-state index in [4.69, 9.17) is 4.74 Å². The first-order valence-electron chi connectivity index (χ1n) is 9.09. The molecule has 0 atom stereocenters.